The first kappa shape index (κ1) is 11.5. The molecule has 0 atom stereocenters. The van der Waals surface area contributed by atoms with Gasteiger partial charge < -0.3 is 10.6 Å². The number of rotatable bonds is 0. The van der Waals surface area contributed by atoms with Crippen LogP contribution in [0.1, 0.15) is 5.56 Å². The van der Waals surface area contributed by atoms with E-state index < -0.39 is 0 Å². The van der Waals surface area contributed by atoms with Gasteiger partial charge in [-0.25, -0.2) is 0 Å². The minimum Gasteiger partial charge on any atom is -0.399 e. The molecule has 0 aromatic heterocycles. The van der Waals surface area contributed by atoms with E-state index in [0.29, 0.717) is 0 Å². The number of fused-ring (bicyclic) bond motifs is 3. The van der Waals surface area contributed by atoms with Crippen LogP contribution in [-0.4, -0.2) is 13.6 Å². The number of nitrogens with zero attached hydrogens (tertiary/aromatic N) is 1. The van der Waals surface area contributed by atoms with E-state index in [4.69, 9.17) is 5.73 Å². The van der Waals surface area contributed by atoms with Gasteiger partial charge in [0.1, 0.15) is 0 Å². The van der Waals surface area contributed by atoms with Gasteiger partial charge in [0.15, 0.2) is 0 Å². The van der Waals surface area contributed by atoms with Gasteiger partial charge in [0, 0.05) is 35.4 Å². The molecule has 1 aliphatic heterocycles. The zero-order valence-corrected chi connectivity index (χ0v) is 11.2. The number of thiol groups is 1. The summed E-state index contributed by atoms with van der Waals surface area (Å²) < 4.78 is 0. The molecule has 3 heteroatoms. The molecule has 0 radical (unpaired) electrons. The van der Waals surface area contributed by atoms with Crippen molar-refractivity contribution in [2.75, 3.05) is 24.2 Å². The zero-order valence-electron chi connectivity index (χ0n) is 10.4. The zero-order chi connectivity index (χ0) is 12.7. The molecule has 0 spiro atoms. The number of nitrogen functional groups attached to an aromatic ring is 1. The molecular formula is C15H16N2S. The van der Waals surface area contributed by atoms with Crippen molar-refractivity contribution in [1.29, 1.82) is 0 Å². The van der Waals surface area contributed by atoms with Crippen LogP contribution in [0.25, 0.3) is 11.1 Å². The summed E-state index contributed by atoms with van der Waals surface area (Å²) in [6.07, 6.45) is 1.04. The van der Waals surface area contributed by atoms with Crippen LogP contribution in [0.4, 0.5) is 11.4 Å². The molecule has 0 fully saturated rings. The normalized spacial score (nSPS) is 13.8. The monoisotopic (exact) mass is 256 g/mol. The lowest BCUT2D eigenvalue weighted by atomic mass is 9.98. The first-order valence-electron chi connectivity index (χ1n) is 6.08. The topological polar surface area (TPSA) is 29.3 Å². The third-order valence-corrected chi connectivity index (χ3v) is 3.81. The molecule has 92 valence electrons. The van der Waals surface area contributed by atoms with E-state index in [9.17, 15) is 0 Å². The van der Waals surface area contributed by atoms with E-state index in [-0.39, 0.29) is 0 Å². The van der Waals surface area contributed by atoms with Crippen molar-refractivity contribution in [3.05, 3.63) is 42.0 Å². The van der Waals surface area contributed by atoms with Gasteiger partial charge in [-0.15, -0.1) is 12.6 Å². The second kappa shape index (κ2) is 4.25. The van der Waals surface area contributed by atoms with E-state index in [1.54, 1.807) is 0 Å². The van der Waals surface area contributed by atoms with Crippen LogP contribution in [0.5, 0.6) is 0 Å². The first-order valence-corrected chi connectivity index (χ1v) is 6.53. The van der Waals surface area contributed by atoms with Crippen LogP contribution >= 0.6 is 12.6 Å². The average Bonchev–Trinajstić information content (AvgIpc) is 2.48. The van der Waals surface area contributed by atoms with Gasteiger partial charge in [-0.2, -0.15) is 0 Å². The Bertz CT molecular complexity index is 607. The second-order valence-corrected chi connectivity index (χ2v) is 5.31. The average molecular weight is 256 g/mol. The van der Waals surface area contributed by atoms with Crippen LogP contribution in [0.15, 0.2) is 41.3 Å². The lowest BCUT2D eigenvalue weighted by Crippen LogP contribution is -2.19. The van der Waals surface area contributed by atoms with E-state index in [0.717, 1.165) is 23.5 Å². The molecule has 2 aromatic rings. The summed E-state index contributed by atoms with van der Waals surface area (Å²) in [5.41, 5.74) is 11.8. The summed E-state index contributed by atoms with van der Waals surface area (Å²) in [7, 11) is 2.12. The van der Waals surface area contributed by atoms with Gasteiger partial charge in [-0.3, -0.25) is 0 Å². The van der Waals surface area contributed by atoms with E-state index in [2.05, 4.69) is 48.8 Å². The Kier molecular flexibility index (Phi) is 2.71. The molecule has 2 nitrogen and oxygen atoms in total. The summed E-state index contributed by atoms with van der Waals surface area (Å²) in [6.45, 7) is 1.00. The van der Waals surface area contributed by atoms with E-state index >= 15 is 0 Å². The van der Waals surface area contributed by atoms with Gasteiger partial charge in [0.25, 0.3) is 0 Å². The smallest absolute Gasteiger partial charge is 0.0464 e. The van der Waals surface area contributed by atoms with Gasteiger partial charge in [-0.1, -0.05) is 12.1 Å². The third kappa shape index (κ3) is 1.85. The van der Waals surface area contributed by atoms with Crippen molar-refractivity contribution in [2.24, 2.45) is 0 Å². The Morgan fingerprint density at radius 1 is 1.11 bits per heavy atom. The predicted molar refractivity (Wildman–Crippen MR) is 80.5 cm³/mol. The number of hydrogen-bond donors (Lipinski definition) is 2. The molecule has 2 aromatic carbocycles. The molecule has 1 heterocycles. The van der Waals surface area contributed by atoms with Crippen LogP contribution in [-0.2, 0) is 6.42 Å². The van der Waals surface area contributed by atoms with Crippen molar-refractivity contribution in [3.63, 3.8) is 0 Å². The number of nitrogens with two attached hydrogens (primary N) is 1. The van der Waals surface area contributed by atoms with Crippen molar-refractivity contribution in [3.8, 4) is 11.1 Å². The maximum absolute atomic E-state index is 5.90. The standard InChI is InChI=1S/C15H16N2S/c1-17-7-6-10-8-12(18)3-5-13(10)14-4-2-11(16)9-15(14)17/h2-5,8-9,18H,6-7,16H2,1H3. The van der Waals surface area contributed by atoms with Crippen LogP contribution in [0.3, 0.4) is 0 Å². The Hall–Kier alpha value is -1.61. The van der Waals surface area contributed by atoms with Gasteiger partial charge >= 0.3 is 0 Å². The largest absolute Gasteiger partial charge is 0.399 e. The Morgan fingerprint density at radius 2 is 1.89 bits per heavy atom. The van der Waals surface area contributed by atoms with Crippen LogP contribution in [0.2, 0.25) is 0 Å². The molecule has 0 saturated carbocycles. The number of anilines is 2. The summed E-state index contributed by atoms with van der Waals surface area (Å²) in [5, 5.41) is 0. The van der Waals surface area contributed by atoms with Crippen molar-refractivity contribution in [2.45, 2.75) is 11.3 Å². The quantitative estimate of drug-likeness (QED) is 0.560. The maximum atomic E-state index is 5.90. The highest BCUT2D eigenvalue weighted by molar-refractivity contribution is 7.80. The molecule has 1 aliphatic rings. The number of likely N-dealkylation sites (N-methyl/N-ethyl adjacent to an activating group) is 1. The fraction of sp³-hybridized carbons (Fsp3) is 0.200. The predicted octanol–water partition coefficient (Wildman–Crippen LogP) is 3.22. The number of benzene rings is 2. The highest BCUT2D eigenvalue weighted by Gasteiger charge is 2.17. The second-order valence-electron chi connectivity index (χ2n) is 4.79. The van der Waals surface area contributed by atoms with Crippen LogP contribution in [0, 0.1) is 0 Å². The van der Waals surface area contributed by atoms with Gasteiger partial charge in [0.2, 0.25) is 0 Å². The molecule has 18 heavy (non-hydrogen) atoms. The molecular weight excluding hydrogens is 240 g/mol. The fourth-order valence-corrected chi connectivity index (χ4v) is 2.78. The summed E-state index contributed by atoms with van der Waals surface area (Å²) in [4.78, 5) is 3.29. The van der Waals surface area contributed by atoms with Crippen molar-refractivity contribution in [1.82, 2.24) is 0 Å². The molecule has 3 rings (SSSR count). The van der Waals surface area contributed by atoms with Gasteiger partial charge in [0.05, 0.1) is 0 Å². The summed E-state index contributed by atoms with van der Waals surface area (Å²) >= 11 is 4.43. The molecule has 2 N–H and O–H groups in total. The maximum Gasteiger partial charge on any atom is 0.0464 e. The Labute approximate surface area is 113 Å². The Balaban J connectivity index is 2.26. The van der Waals surface area contributed by atoms with E-state index in [1.807, 2.05) is 12.1 Å². The lowest BCUT2D eigenvalue weighted by molar-refractivity contribution is 0.887. The fourth-order valence-electron chi connectivity index (χ4n) is 2.55. The lowest BCUT2D eigenvalue weighted by Gasteiger charge is -2.19. The van der Waals surface area contributed by atoms with Crippen LogP contribution < -0.4 is 10.6 Å². The van der Waals surface area contributed by atoms with Crippen molar-refractivity contribution < 1.29 is 0 Å². The minimum atomic E-state index is 0.815. The van der Waals surface area contributed by atoms with Gasteiger partial charge in [-0.05, 0) is 41.8 Å². The minimum absolute atomic E-state index is 0.815. The third-order valence-electron chi connectivity index (χ3n) is 3.53. The van der Waals surface area contributed by atoms with Crippen molar-refractivity contribution >= 4 is 24.0 Å². The number of hydrogen-bond acceptors (Lipinski definition) is 3. The van der Waals surface area contributed by atoms with E-state index in [1.165, 1.54) is 22.4 Å². The molecule has 0 aliphatic carbocycles. The highest BCUT2D eigenvalue weighted by Crippen LogP contribution is 2.37. The Morgan fingerprint density at radius 3 is 2.72 bits per heavy atom. The summed E-state index contributed by atoms with van der Waals surface area (Å²) in [6, 6.07) is 12.5. The highest BCUT2D eigenvalue weighted by atomic mass is 32.1. The molecule has 0 bridgehead atoms. The SMILES string of the molecule is CN1CCc2cc(S)ccc2-c2ccc(N)cc21. The molecule has 0 amide bonds. The molecule has 0 unspecified atom stereocenters. The molecule has 0 saturated heterocycles. The first-order chi connectivity index (χ1) is 8.65. The summed E-state index contributed by atoms with van der Waals surface area (Å²) in [5.74, 6) is 0.